The highest BCUT2D eigenvalue weighted by atomic mass is 16.3. The summed E-state index contributed by atoms with van der Waals surface area (Å²) >= 11 is 0. The normalized spacial score (nSPS) is 30.4. The third kappa shape index (κ3) is 3.40. The fraction of sp³-hybridized carbons (Fsp3) is 0.750. The van der Waals surface area contributed by atoms with Crippen LogP contribution in [0, 0.1) is 0 Å². The summed E-state index contributed by atoms with van der Waals surface area (Å²) in [5, 5.41) is 3.72. The standard InChI is InChI=1S/C16H28N2O/c1-5-14-11-17-16(4,6-2)12-18(14)13(3)10-15-8-7-9-19-15/h7-9,13-14,17H,5-6,10-12H2,1-4H3. The number of hydrogen-bond acceptors (Lipinski definition) is 3. The van der Waals surface area contributed by atoms with Crippen molar-refractivity contribution >= 4 is 0 Å². The van der Waals surface area contributed by atoms with Gasteiger partial charge in [-0.2, -0.15) is 0 Å². The zero-order valence-electron chi connectivity index (χ0n) is 12.8. The monoisotopic (exact) mass is 264 g/mol. The quantitative estimate of drug-likeness (QED) is 0.886. The number of furan rings is 1. The molecule has 0 aromatic carbocycles. The fourth-order valence-corrected chi connectivity index (χ4v) is 3.04. The highest BCUT2D eigenvalue weighted by Crippen LogP contribution is 2.24. The van der Waals surface area contributed by atoms with Gasteiger partial charge in [0.2, 0.25) is 0 Å². The molecule has 0 aliphatic carbocycles. The van der Waals surface area contributed by atoms with Crippen LogP contribution in [-0.4, -0.2) is 35.6 Å². The van der Waals surface area contributed by atoms with Crippen molar-refractivity contribution < 1.29 is 4.42 Å². The van der Waals surface area contributed by atoms with E-state index in [2.05, 4.69) is 44.0 Å². The predicted molar refractivity (Wildman–Crippen MR) is 79.4 cm³/mol. The zero-order valence-corrected chi connectivity index (χ0v) is 12.8. The molecule has 3 heteroatoms. The van der Waals surface area contributed by atoms with Gasteiger partial charge in [0.1, 0.15) is 5.76 Å². The Balaban J connectivity index is 2.05. The van der Waals surface area contributed by atoms with Gasteiger partial charge in [0, 0.05) is 37.1 Å². The zero-order chi connectivity index (χ0) is 13.9. The van der Waals surface area contributed by atoms with Gasteiger partial charge in [0.05, 0.1) is 6.26 Å². The van der Waals surface area contributed by atoms with Crippen molar-refractivity contribution in [1.82, 2.24) is 10.2 Å². The van der Waals surface area contributed by atoms with Gasteiger partial charge in [-0.3, -0.25) is 4.90 Å². The van der Waals surface area contributed by atoms with Gasteiger partial charge in [-0.25, -0.2) is 0 Å². The molecule has 0 amide bonds. The second kappa shape index (κ2) is 6.10. The van der Waals surface area contributed by atoms with Crippen LogP contribution in [0.1, 0.15) is 46.3 Å². The minimum atomic E-state index is 0.253. The molecule has 3 unspecified atom stereocenters. The highest BCUT2D eigenvalue weighted by molar-refractivity contribution is 5.02. The topological polar surface area (TPSA) is 28.4 Å². The first-order valence-corrected chi connectivity index (χ1v) is 7.61. The first kappa shape index (κ1) is 14.6. The van der Waals surface area contributed by atoms with Crippen molar-refractivity contribution in [3.05, 3.63) is 24.2 Å². The maximum absolute atomic E-state index is 5.50. The molecule has 108 valence electrons. The van der Waals surface area contributed by atoms with Crippen LogP contribution < -0.4 is 5.32 Å². The summed E-state index contributed by atoms with van der Waals surface area (Å²) in [5.74, 6) is 1.10. The smallest absolute Gasteiger partial charge is 0.105 e. The molecular weight excluding hydrogens is 236 g/mol. The average molecular weight is 264 g/mol. The van der Waals surface area contributed by atoms with E-state index >= 15 is 0 Å². The average Bonchev–Trinajstić information content (AvgIpc) is 2.91. The molecule has 1 saturated heterocycles. The molecule has 1 aliphatic rings. The first-order chi connectivity index (χ1) is 9.08. The molecule has 1 aromatic heterocycles. The van der Waals surface area contributed by atoms with E-state index in [1.165, 1.54) is 12.8 Å². The largest absolute Gasteiger partial charge is 0.469 e. The predicted octanol–water partition coefficient (Wildman–Crippen LogP) is 3.06. The van der Waals surface area contributed by atoms with Crippen LogP contribution in [0.5, 0.6) is 0 Å². The molecular formula is C16H28N2O. The summed E-state index contributed by atoms with van der Waals surface area (Å²) < 4.78 is 5.50. The Bertz CT molecular complexity index is 376. The second-order valence-electron chi connectivity index (χ2n) is 6.16. The van der Waals surface area contributed by atoms with Crippen molar-refractivity contribution in [1.29, 1.82) is 0 Å². The van der Waals surface area contributed by atoms with Gasteiger partial charge in [-0.15, -0.1) is 0 Å². The van der Waals surface area contributed by atoms with Gasteiger partial charge >= 0.3 is 0 Å². The Morgan fingerprint density at radius 1 is 1.53 bits per heavy atom. The Morgan fingerprint density at radius 3 is 2.89 bits per heavy atom. The Labute approximate surface area is 117 Å². The molecule has 1 fully saturated rings. The van der Waals surface area contributed by atoms with E-state index in [9.17, 15) is 0 Å². The molecule has 2 heterocycles. The summed E-state index contributed by atoms with van der Waals surface area (Å²) in [4.78, 5) is 2.67. The van der Waals surface area contributed by atoms with Crippen molar-refractivity contribution in [2.45, 2.75) is 64.6 Å². The lowest BCUT2D eigenvalue weighted by Crippen LogP contribution is -2.64. The van der Waals surface area contributed by atoms with Crippen LogP contribution in [-0.2, 0) is 6.42 Å². The minimum Gasteiger partial charge on any atom is -0.469 e. The number of piperazine rings is 1. The molecule has 2 rings (SSSR count). The van der Waals surface area contributed by atoms with E-state index in [1.807, 2.05) is 6.07 Å². The maximum Gasteiger partial charge on any atom is 0.105 e. The van der Waals surface area contributed by atoms with Gasteiger partial charge in [-0.05, 0) is 38.8 Å². The fourth-order valence-electron chi connectivity index (χ4n) is 3.04. The van der Waals surface area contributed by atoms with Gasteiger partial charge in [-0.1, -0.05) is 13.8 Å². The third-order valence-corrected chi connectivity index (χ3v) is 4.66. The van der Waals surface area contributed by atoms with E-state index in [4.69, 9.17) is 4.42 Å². The van der Waals surface area contributed by atoms with E-state index in [0.29, 0.717) is 12.1 Å². The first-order valence-electron chi connectivity index (χ1n) is 7.61. The lowest BCUT2D eigenvalue weighted by molar-refractivity contribution is 0.0482. The number of nitrogens with one attached hydrogen (secondary N) is 1. The van der Waals surface area contributed by atoms with Crippen LogP contribution >= 0.6 is 0 Å². The second-order valence-corrected chi connectivity index (χ2v) is 6.16. The van der Waals surface area contributed by atoms with E-state index in [-0.39, 0.29) is 5.54 Å². The molecule has 3 atom stereocenters. The molecule has 19 heavy (non-hydrogen) atoms. The summed E-state index contributed by atoms with van der Waals surface area (Å²) in [6, 6.07) is 5.24. The summed E-state index contributed by atoms with van der Waals surface area (Å²) in [5.41, 5.74) is 0.253. The lowest BCUT2D eigenvalue weighted by atomic mass is 9.91. The van der Waals surface area contributed by atoms with Crippen molar-refractivity contribution in [2.75, 3.05) is 13.1 Å². The minimum absolute atomic E-state index is 0.253. The third-order valence-electron chi connectivity index (χ3n) is 4.66. The molecule has 0 radical (unpaired) electrons. The van der Waals surface area contributed by atoms with E-state index in [1.54, 1.807) is 6.26 Å². The molecule has 1 N–H and O–H groups in total. The number of nitrogens with zero attached hydrogens (tertiary/aromatic N) is 1. The van der Waals surface area contributed by atoms with E-state index in [0.717, 1.165) is 25.3 Å². The van der Waals surface area contributed by atoms with Crippen LogP contribution in [0.15, 0.2) is 22.8 Å². The lowest BCUT2D eigenvalue weighted by Gasteiger charge is -2.48. The van der Waals surface area contributed by atoms with Crippen LogP contribution in [0.4, 0.5) is 0 Å². The summed E-state index contributed by atoms with van der Waals surface area (Å²) in [6.07, 6.45) is 5.15. The molecule has 0 spiro atoms. The van der Waals surface area contributed by atoms with Crippen molar-refractivity contribution in [3.8, 4) is 0 Å². The van der Waals surface area contributed by atoms with Crippen LogP contribution in [0.25, 0.3) is 0 Å². The Morgan fingerprint density at radius 2 is 2.32 bits per heavy atom. The van der Waals surface area contributed by atoms with Gasteiger partial charge in [0.25, 0.3) is 0 Å². The molecule has 0 bridgehead atoms. The highest BCUT2D eigenvalue weighted by Gasteiger charge is 2.35. The molecule has 3 nitrogen and oxygen atoms in total. The Hall–Kier alpha value is -0.800. The maximum atomic E-state index is 5.50. The number of rotatable bonds is 5. The molecule has 0 saturated carbocycles. The van der Waals surface area contributed by atoms with Crippen molar-refractivity contribution in [3.63, 3.8) is 0 Å². The van der Waals surface area contributed by atoms with Gasteiger partial charge < -0.3 is 9.73 Å². The SMILES string of the molecule is CCC1CNC(C)(CC)CN1C(C)Cc1ccco1. The summed E-state index contributed by atoms with van der Waals surface area (Å²) in [7, 11) is 0. The number of hydrogen-bond donors (Lipinski definition) is 1. The van der Waals surface area contributed by atoms with Crippen LogP contribution in [0.2, 0.25) is 0 Å². The Kier molecular flexibility index (Phi) is 4.69. The van der Waals surface area contributed by atoms with Crippen LogP contribution in [0.3, 0.4) is 0 Å². The van der Waals surface area contributed by atoms with Crippen molar-refractivity contribution in [2.24, 2.45) is 0 Å². The summed E-state index contributed by atoms with van der Waals surface area (Å²) in [6.45, 7) is 11.5. The molecule has 1 aromatic rings. The molecule has 1 aliphatic heterocycles. The van der Waals surface area contributed by atoms with E-state index < -0.39 is 0 Å². The van der Waals surface area contributed by atoms with Gasteiger partial charge in [0.15, 0.2) is 0 Å².